The minimum absolute atomic E-state index is 0.404. The molecule has 1 N–H and O–H groups in total. The molecule has 0 bridgehead atoms. The molecule has 1 aliphatic rings. The first-order chi connectivity index (χ1) is 9.56. The number of benzene rings is 1. The predicted molar refractivity (Wildman–Crippen MR) is 78.1 cm³/mol. The number of nitriles is 1. The Morgan fingerprint density at radius 2 is 2.15 bits per heavy atom. The summed E-state index contributed by atoms with van der Waals surface area (Å²) in [6.45, 7) is 5.92. The summed E-state index contributed by atoms with van der Waals surface area (Å²) in [7, 11) is 0. The predicted octanol–water partition coefficient (Wildman–Crippen LogP) is 4.19. The lowest BCUT2D eigenvalue weighted by Crippen LogP contribution is -2.38. The van der Waals surface area contributed by atoms with Crippen LogP contribution in [0.15, 0.2) is 24.3 Å². The number of rotatable bonds is 3. The highest BCUT2D eigenvalue weighted by Gasteiger charge is 2.39. The van der Waals surface area contributed by atoms with Gasteiger partial charge in [0.2, 0.25) is 0 Å². The van der Waals surface area contributed by atoms with Crippen molar-refractivity contribution in [2.24, 2.45) is 0 Å². The van der Waals surface area contributed by atoms with Crippen LogP contribution in [-0.2, 0) is 10.3 Å². The van der Waals surface area contributed by atoms with Crippen molar-refractivity contribution in [3.05, 3.63) is 35.4 Å². The number of nitrogens with zero attached hydrogens (tertiary/aromatic N) is 1. The van der Waals surface area contributed by atoms with E-state index in [2.05, 4.69) is 5.32 Å². The average Bonchev–Trinajstić information content (AvgIpc) is 2.46. The quantitative estimate of drug-likeness (QED) is 0.837. The van der Waals surface area contributed by atoms with Crippen LogP contribution in [0.1, 0.15) is 44.7 Å². The smallest absolute Gasteiger partial charge is 0.412 e. The zero-order valence-electron chi connectivity index (χ0n) is 12.0. The molecule has 2 rings (SSSR count). The van der Waals surface area contributed by atoms with Gasteiger partial charge in [-0.1, -0.05) is 19.9 Å². The highest BCUT2D eigenvalue weighted by Crippen LogP contribution is 2.42. The molecule has 0 aliphatic carbocycles. The number of allylic oxidation sites excluding steroid dienone is 2. The van der Waals surface area contributed by atoms with Crippen LogP contribution in [0.3, 0.4) is 0 Å². The lowest BCUT2D eigenvalue weighted by molar-refractivity contribution is 0.00471. The molecule has 0 saturated heterocycles. The number of nitrogens with one attached hydrogen (secondary N) is 1. The number of hydrogen-bond donors (Lipinski definition) is 1. The van der Waals surface area contributed by atoms with E-state index in [1.807, 2.05) is 45.0 Å². The Morgan fingerprint density at radius 3 is 2.75 bits per heavy atom. The number of amides is 1. The molecular formula is C16H18N2O2. The van der Waals surface area contributed by atoms with Crippen molar-refractivity contribution >= 4 is 17.4 Å². The van der Waals surface area contributed by atoms with Gasteiger partial charge in [0.05, 0.1) is 11.8 Å². The molecule has 1 heterocycles. The zero-order chi connectivity index (χ0) is 14.8. The van der Waals surface area contributed by atoms with E-state index in [1.54, 1.807) is 0 Å². The van der Waals surface area contributed by atoms with Crippen LogP contribution < -0.4 is 5.32 Å². The summed E-state index contributed by atoms with van der Waals surface area (Å²) in [6.07, 6.45) is 2.55. The second-order valence-corrected chi connectivity index (χ2v) is 4.93. The summed E-state index contributed by atoms with van der Waals surface area (Å²) in [5, 5.41) is 11.5. The third-order valence-electron chi connectivity index (χ3n) is 3.91. The molecule has 1 aromatic rings. The Hall–Kier alpha value is -2.28. The first-order valence-electron chi connectivity index (χ1n) is 6.77. The van der Waals surface area contributed by atoms with Crippen LogP contribution in [0, 0.1) is 11.3 Å². The lowest BCUT2D eigenvalue weighted by atomic mass is 9.84. The molecule has 0 aromatic heterocycles. The maximum atomic E-state index is 11.7. The molecule has 0 unspecified atom stereocenters. The molecule has 4 heteroatoms. The van der Waals surface area contributed by atoms with Crippen molar-refractivity contribution in [3.8, 4) is 6.07 Å². The standard InChI is InChI=1S/C16H18N2O2/c1-4-16(5-2)13-10-12(11(3)8-9-17)6-7-14(13)18-15(19)20-16/h6-8,10H,4-5H2,1-3H3,(H,18,19). The maximum Gasteiger partial charge on any atom is 0.412 e. The van der Waals surface area contributed by atoms with Crippen LogP contribution in [-0.4, -0.2) is 6.09 Å². The Labute approximate surface area is 119 Å². The molecule has 1 aliphatic heterocycles. The Balaban J connectivity index is 2.59. The molecule has 0 spiro atoms. The molecule has 0 atom stereocenters. The second kappa shape index (κ2) is 5.38. The van der Waals surface area contributed by atoms with E-state index in [9.17, 15) is 4.79 Å². The third kappa shape index (κ3) is 2.27. The molecular weight excluding hydrogens is 252 g/mol. The van der Waals surface area contributed by atoms with E-state index >= 15 is 0 Å². The highest BCUT2D eigenvalue weighted by atomic mass is 16.6. The zero-order valence-corrected chi connectivity index (χ0v) is 12.0. The van der Waals surface area contributed by atoms with E-state index in [-0.39, 0.29) is 0 Å². The number of fused-ring (bicyclic) bond motifs is 1. The van der Waals surface area contributed by atoms with Gasteiger partial charge in [-0.3, -0.25) is 5.32 Å². The molecule has 104 valence electrons. The number of ether oxygens (including phenoxy) is 1. The second-order valence-electron chi connectivity index (χ2n) is 4.93. The topological polar surface area (TPSA) is 62.1 Å². The van der Waals surface area contributed by atoms with Gasteiger partial charge in [-0.2, -0.15) is 5.26 Å². The van der Waals surface area contributed by atoms with Crippen molar-refractivity contribution in [1.82, 2.24) is 0 Å². The van der Waals surface area contributed by atoms with Gasteiger partial charge < -0.3 is 4.74 Å². The van der Waals surface area contributed by atoms with E-state index in [4.69, 9.17) is 10.00 Å². The van der Waals surface area contributed by atoms with Crippen molar-refractivity contribution in [2.75, 3.05) is 5.32 Å². The van der Waals surface area contributed by atoms with Crippen LogP contribution in [0.5, 0.6) is 0 Å². The fraction of sp³-hybridized carbons (Fsp3) is 0.375. The van der Waals surface area contributed by atoms with Crippen LogP contribution in [0.25, 0.3) is 5.57 Å². The van der Waals surface area contributed by atoms with Crippen molar-refractivity contribution in [1.29, 1.82) is 5.26 Å². The maximum absolute atomic E-state index is 11.7. The van der Waals surface area contributed by atoms with E-state index < -0.39 is 11.7 Å². The summed E-state index contributed by atoms with van der Waals surface area (Å²) >= 11 is 0. The van der Waals surface area contributed by atoms with Gasteiger partial charge in [-0.15, -0.1) is 0 Å². The molecule has 1 amide bonds. The van der Waals surface area contributed by atoms with Gasteiger partial charge in [-0.05, 0) is 43.0 Å². The molecule has 1 aromatic carbocycles. The number of anilines is 1. The Bertz CT molecular complexity index is 607. The van der Waals surface area contributed by atoms with Gasteiger partial charge in [0.1, 0.15) is 5.60 Å². The lowest BCUT2D eigenvalue weighted by Gasteiger charge is -2.37. The van der Waals surface area contributed by atoms with Crippen LogP contribution in [0.4, 0.5) is 10.5 Å². The SMILES string of the molecule is CCC1(CC)OC(=O)Nc2ccc(C(C)=CC#N)cc21. The van der Waals surface area contributed by atoms with Gasteiger partial charge in [0, 0.05) is 11.6 Å². The molecule has 0 fully saturated rings. The summed E-state index contributed by atoms with van der Waals surface area (Å²) < 4.78 is 5.56. The largest absolute Gasteiger partial charge is 0.438 e. The van der Waals surface area contributed by atoms with Gasteiger partial charge in [0.15, 0.2) is 0 Å². The number of cyclic esters (lactones) is 1. The average molecular weight is 270 g/mol. The van der Waals surface area contributed by atoms with E-state index in [0.29, 0.717) is 12.8 Å². The Morgan fingerprint density at radius 1 is 1.45 bits per heavy atom. The summed E-state index contributed by atoms with van der Waals surface area (Å²) in [5.41, 5.74) is 3.05. The molecule has 20 heavy (non-hydrogen) atoms. The van der Waals surface area contributed by atoms with Gasteiger partial charge in [-0.25, -0.2) is 4.79 Å². The monoisotopic (exact) mass is 270 g/mol. The van der Waals surface area contributed by atoms with Crippen molar-refractivity contribution < 1.29 is 9.53 Å². The Kier molecular flexibility index (Phi) is 3.80. The number of hydrogen-bond acceptors (Lipinski definition) is 3. The molecule has 4 nitrogen and oxygen atoms in total. The minimum Gasteiger partial charge on any atom is -0.438 e. The fourth-order valence-electron chi connectivity index (χ4n) is 2.60. The van der Waals surface area contributed by atoms with E-state index in [1.165, 1.54) is 6.08 Å². The third-order valence-corrected chi connectivity index (χ3v) is 3.91. The number of carbonyl (C=O) groups is 1. The van der Waals surface area contributed by atoms with Gasteiger partial charge in [0.25, 0.3) is 0 Å². The van der Waals surface area contributed by atoms with Crippen molar-refractivity contribution in [2.45, 2.75) is 39.2 Å². The normalized spacial score (nSPS) is 16.7. The summed E-state index contributed by atoms with van der Waals surface area (Å²) in [4.78, 5) is 11.7. The summed E-state index contributed by atoms with van der Waals surface area (Å²) in [6, 6.07) is 7.82. The van der Waals surface area contributed by atoms with Gasteiger partial charge >= 0.3 is 6.09 Å². The van der Waals surface area contributed by atoms with Crippen molar-refractivity contribution in [3.63, 3.8) is 0 Å². The minimum atomic E-state index is -0.583. The highest BCUT2D eigenvalue weighted by molar-refractivity contribution is 5.89. The summed E-state index contributed by atoms with van der Waals surface area (Å²) in [5.74, 6) is 0. The molecule has 0 radical (unpaired) electrons. The van der Waals surface area contributed by atoms with Crippen LogP contribution in [0.2, 0.25) is 0 Å². The number of carbonyl (C=O) groups excluding carboxylic acids is 1. The molecule has 0 saturated carbocycles. The van der Waals surface area contributed by atoms with Crippen LogP contribution >= 0.6 is 0 Å². The fourth-order valence-corrected chi connectivity index (χ4v) is 2.60. The first-order valence-corrected chi connectivity index (χ1v) is 6.77. The van der Waals surface area contributed by atoms with E-state index in [0.717, 1.165) is 22.4 Å². The first kappa shape index (κ1) is 14.1.